The molecule has 0 unspecified atom stereocenters. The summed E-state index contributed by atoms with van der Waals surface area (Å²) in [6.45, 7) is 0.208. The second kappa shape index (κ2) is 4.89. The summed E-state index contributed by atoms with van der Waals surface area (Å²) in [7, 11) is 0. The molecule has 94 valence electrons. The molecule has 1 aromatic rings. The van der Waals surface area contributed by atoms with Crippen LogP contribution in [0, 0.1) is 0 Å². The largest absolute Gasteiger partial charge is 0.454 e. The Morgan fingerprint density at radius 2 is 2.22 bits per heavy atom. The average Bonchev–Trinajstić information content (AvgIpc) is 3.05. The number of hydrazone groups is 1. The highest BCUT2D eigenvalue weighted by Crippen LogP contribution is 2.32. The standard InChI is InChI=1S/C12H12N2O3S/c15-12(14-13-9-3-4-18-6-9)8-1-2-10-11(5-8)17-7-16-10/h1-2,5H,3-4,6-7H2,(H,14,15)/b13-9-. The van der Waals surface area contributed by atoms with Crippen LogP contribution in [0.25, 0.3) is 0 Å². The molecule has 18 heavy (non-hydrogen) atoms. The second-order valence-corrected chi connectivity index (χ2v) is 5.09. The average molecular weight is 264 g/mol. The summed E-state index contributed by atoms with van der Waals surface area (Å²) in [6.07, 6.45) is 0.950. The van der Waals surface area contributed by atoms with Crippen molar-refractivity contribution in [2.75, 3.05) is 18.3 Å². The zero-order valence-electron chi connectivity index (χ0n) is 9.64. The lowest BCUT2D eigenvalue weighted by molar-refractivity contribution is 0.0954. The summed E-state index contributed by atoms with van der Waals surface area (Å²) in [4.78, 5) is 11.9. The minimum Gasteiger partial charge on any atom is -0.454 e. The van der Waals surface area contributed by atoms with Gasteiger partial charge in [-0.05, 0) is 30.4 Å². The van der Waals surface area contributed by atoms with E-state index in [1.807, 2.05) is 11.8 Å². The Bertz CT molecular complexity index is 508. The molecule has 2 aliphatic rings. The normalized spacial score (nSPS) is 19.2. The zero-order valence-corrected chi connectivity index (χ0v) is 10.5. The van der Waals surface area contributed by atoms with Crippen LogP contribution in [0.4, 0.5) is 0 Å². The van der Waals surface area contributed by atoms with Gasteiger partial charge >= 0.3 is 0 Å². The van der Waals surface area contributed by atoms with Crippen molar-refractivity contribution in [3.05, 3.63) is 23.8 Å². The van der Waals surface area contributed by atoms with Crippen LogP contribution in [0.3, 0.4) is 0 Å². The van der Waals surface area contributed by atoms with Gasteiger partial charge in [0.1, 0.15) is 0 Å². The van der Waals surface area contributed by atoms with Gasteiger partial charge in [0, 0.05) is 17.0 Å². The highest BCUT2D eigenvalue weighted by atomic mass is 32.2. The minimum absolute atomic E-state index is 0.208. The number of benzene rings is 1. The predicted octanol–water partition coefficient (Wildman–Crippen LogP) is 1.64. The SMILES string of the molecule is O=C(N/N=C1/CCSC1)c1ccc2c(c1)OCO2. The fourth-order valence-electron chi connectivity index (χ4n) is 1.77. The maximum absolute atomic E-state index is 11.9. The van der Waals surface area contributed by atoms with Crippen molar-refractivity contribution in [3.8, 4) is 11.5 Å². The Morgan fingerprint density at radius 3 is 3.06 bits per heavy atom. The number of carbonyl (C=O) groups excluding carboxylic acids is 1. The molecule has 0 bridgehead atoms. The monoisotopic (exact) mass is 264 g/mol. The summed E-state index contributed by atoms with van der Waals surface area (Å²) >= 11 is 1.83. The molecule has 6 heteroatoms. The van der Waals surface area contributed by atoms with Crippen molar-refractivity contribution in [2.45, 2.75) is 6.42 Å². The molecule has 0 saturated carbocycles. The van der Waals surface area contributed by atoms with Gasteiger partial charge in [0.15, 0.2) is 11.5 Å². The van der Waals surface area contributed by atoms with Crippen molar-refractivity contribution >= 4 is 23.4 Å². The molecule has 3 rings (SSSR count). The van der Waals surface area contributed by atoms with E-state index < -0.39 is 0 Å². The molecule has 0 radical (unpaired) electrons. The first-order chi connectivity index (χ1) is 8.83. The third-order valence-electron chi connectivity index (χ3n) is 2.75. The van der Waals surface area contributed by atoms with Gasteiger partial charge in [0.05, 0.1) is 0 Å². The topological polar surface area (TPSA) is 59.9 Å². The summed E-state index contributed by atoms with van der Waals surface area (Å²) in [5, 5.41) is 4.12. The van der Waals surface area contributed by atoms with Gasteiger partial charge in [-0.3, -0.25) is 4.79 Å². The number of rotatable bonds is 2. The van der Waals surface area contributed by atoms with Gasteiger partial charge in [-0.25, -0.2) is 5.43 Å². The Kier molecular flexibility index (Phi) is 3.10. The molecule has 0 spiro atoms. The lowest BCUT2D eigenvalue weighted by Crippen LogP contribution is -2.19. The molecular weight excluding hydrogens is 252 g/mol. The molecular formula is C12H12N2O3S. The number of carbonyl (C=O) groups is 1. The molecule has 1 saturated heterocycles. The van der Waals surface area contributed by atoms with Crippen LogP contribution in [0.2, 0.25) is 0 Å². The highest BCUT2D eigenvalue weighted by molar-refractivity contribution is 8.00. The van der Waals surface area contributed by atoms with Crippen LogP contribution in [0.15, 0.2) is 23.3 Å². The Balaban J connectivity index is 1.70. The first kappa shape index (κ1) is 11.4. The second-order valence-electron chi connectivity index (χ2n) is 3.99. The van der Waals surface area contributed by atoms with Crippen molar-refractivity contribution in [2.24, 2.45) is 5.10 Å². The van der Waals surface area contributed by atoms with E-state index in [1.165, 1.54) is 0 Å². The van der Waals surface area contributed by atoms with E-state index in [4.69, 9.17) is 9.47 Å². The van der Waals surface area contributed by atoms with E-state index in [0.717, 1.165) is 23.6 Å². The van der Waals surface area contributed by atoms with E-state index in [2.05, 4.69) is 10.5 Å². The minimum atomic E-state index is -0.224. The van der Waals surface area contributed by atoms with Crippen LogP contribution in [-0.4, -0.2) is 29.9 Å². The quantitative estimate of drug-likeness (QED) is 0.825. The van der Waals surface area contributed by atoms with E-state index in [1.54, 1.807) is 18.2 Å². The van der Waals surface area contributed by atoms with Crippen LogP contribution in [0.1, 0.15) is 16.8 Å². The van der Waals surface area contributed by atoms with Crippen LogP contribution in [0.5, 0.6) is 11.5 Å². The van der Waals surface area contributed by atoms with Crippen molar-refractivity contribution in [1.29, 1.82) is 0 Å². The lowest BCUT2D eigenvalue weighted by atomic mass is 10.2. The maximum Gasteiger partial charge on any atom is 0.271 e. The fourth-order valence-corrected chi connectivity index (χ4v) is 2.74. The first-order valence-corrected chi connectivity index (χ1v) is 6.81. The van der Waals surface area contributed by atoms with E-state index in [0.29, 0.717) is 17.1 Å². The fraction of sp³-hybridized carbons (Fsp3) is 0.333. The smallest absolute Gasteiger partial charge is 0.271 e. The molecule has 2 heterocycles. The molecule has 0 atom stereocenters. The van der Waals surface area contributed by atoms with Crippen molar-refractivity contribution < 1.29 is 14.3 Å². The Hall–Kier alpha value is -1.69. The predicted molar refractivity (Wildman–Crippen MR) is 69.4 cm³/mol. The van der Waals surface area contributed by atoms with Crippen LogP contribution >= 0.6 is 11.8 Å². The van der Waals surface area contributed by atoms with Crippen molar-refractivity contribution in [3.63, 3.8) is 0 Å². The van der Waals surface area contributed by atoms with Crippen LogP contribution in [-0.2, 0) is 0 Å². The number of nitrogens with zero attached hydrogens (tertiary/aromatic N) is 1. The van der Waals surface area contributed by atoms with Gasteiger partial charge in [0.25, 0.3) is 5.91 Å². The molecule has 2 aliphatic heterocycles. The highest BCUT2D eigenvalue weighted by Gasteiger charge is 2.16. The number of amides is 1. The van der Waals surface area contributed by atoms with Crippen LogP contribution < -0.4 is 14.9 Å². The maximum atomic E-state index is 11.9. The van der Waals surface area contributed by atoms with Crippen molar-refractivity contribution in [1.82, 2.24) is 5.43 Å². The van der Waals surface area contributed by atoms with Gasteiger partial charge in [-0.15, -0.1) is 0 Å². The summed E-state index contributed by atoms with van der Waals surface area (Å²) in [5.41, 5.74) is 4.13. The van der Waals surface area contributed by atoms with Gasteiger partial charge < -0.3 is 9.47 Å². The number of hydrogen-bond acceptors (Lipinski definition) is 5. The molecule has 5 nitrogen and oxygen atoms in total. The Labute approximate surface area is 109 Å². The molecule has 1 aromatic carbocycles. The van der Waals surface area contributed by atoms with Gasteiger partial charge in [-0.1, -0.05) is 0 Å². The molecule has 0 aromatic heterocycles. The number of fused-ring (bicyclic) bond motifs is 1. The molecule has 0 aliphatic carbocycles. The molecule has 1 fully saturated rings. The zero-order chi connectivity index (χ0) is 12.4. The lowest BCUT2D eigenvalue weighted by Gasteiger charge is -2.02. The van der Waals surface area contributed by atoms with Gasteiger partial charge in [-0.2, -0.15) is 16.9 Å². The first-order valence-electron chi connectivity index (χ1n) is 5.66. The van der Waals surface area contributed by atoms with E-state index in [9.17, 15) is 4.79 Å². The summed E-state index contributed by atoms with van der Waals surface area (Å²) in [6, 6.07) is 5.10. The third-order valence-corrected chi connectivity index (χ3v) is 3.78. The van der Waals surface area contributed by atoms with Gasteiger partial charge in [0.2, 0.25) is 6.79 Å². The van der Waals surface area contributed by atoms with E-state index in [-0.39, 0.29) is 12.7 Å². The van der Waals surface area contributed by atoms with E-state index >= 15 is 0 Å². The third kappa shape index (κ3) is 2.28. The Morgan fingerprint density at radius 1 is 1.33 bits per heavy atom. The molecule has 1 amide bonds. The number of thioether (sulfide) groups is 1. The summed E-state index contributed by atoms with van der Waals surface area (Å²) in [5.74, 6) is 3.04. The summed E-state index contributed by atoms with van der Waals surface area (Å²) < 4.78 is 10.4. The number of hydrogen-bond donors (Lipinski definition) is 1. The number of nitrogens with one attached hydrogen (secondary N) is 1. The number of ether oxygens (including phenoxy) is 2. The molecule has 1 N–H and O–H groups in total.